The van der Waals surface area contributed by atoms with Gasteiger partial charge >= 0.3 is 11.9 Å². The minimum absolute atomic E-state index is 0.0871. The number of ether oxygens (including phenoxy) is 8. The molecule has 0 bridgehead atoms. The molecule has 6 rings (SSSR count). The SMILES string of the molecule is COc1cc2c(O[C@H]3O[C@@H](C)[C@@H](OC(C)=O)[C@@H](O)[C@@H]3O)c3c(c(-c4ccc5c(c4)OCO5)c2cc1OC)C(=O)OC3. The van der Waals surface area contributed by atoms with E-state index in [0.717, 1.165) is 0 Å². The molecule has 0 amide bonds. The van der Waals surface area contributed by atoms with Gasteiger partial charge < -0.3 is 48.1 Å². The van der Waals surface area contributed by atoms with E-state index in [-0.39, 0.29) is 24.7 Å². The lowest BCUT2D eigenvalue weighted by atomic mass is 9.89. The lowest BCUT2D eigenvalue weighted by Gasteiger charge is -2.40. The van der Waals surface area contributed by atoms with Crippen LogP contribution in [0.4, 0.5) is 0 Å². The van der Waals surface area contributed by atoms with Crippen molar-refractivity contribution in [3.63, 3.8) is 0 Å². The normalized spacial score (nSPS) is 24.5. The van der Waals surface area contributed by atoms with Gasteiger partial charge in [0.15, 0.2) is 29.1 Å². The number of hydrogen-bond acceptors (Lipinski definition) is 12. The summed E-state index contributed by atoms with van der Waals surface area (Å²) in [4.78, 5) is 24.7. The average molecular weight is 569 g/mol. The monoisotopic (exact) mass is 568 g/mol. The molecule has 1 fully saturated rings. The molecule has 2 N–H and O–H groups in total. The second kappa shape index (κ2) is 10.3. The number of methoxy groups -OCH3 is 2. The number of fused-ring (bicyclic) bond motifs is 3. The standard InChI is InChI=1S/C29H28O12/c1-12-26(40-13(2)30)24(31)25(32)29(39-12)41-27-16-9-20(35-4)19(34-3)8-15(16)22(23-17(27)10-36-28(23)33)14-5-6-18-21(7-14)38-11-37-18/h5-9,12,24-26,29,31-32H,10-11H2,1-4H3/t12-,24-,25-,26+,29+/m0/s1. The topological polar surface area (TPSA) is 148 Å². The molecule has 0 spiro atoms. The van der Waals surface area contributed by atoms with Gasteiger partial charge in [0.2, 0.25) is 13.1 Å². The highest BCUT2D eigenvalue weighted by atomic mass is 16.7. The Balaban J connectivity index is 1.54. The lowest BCUT2D eigenvalue weighted by molar-refractivity contribution is -0.272. The van der Waals surface area contributed by atoms with E-state index in [9.17, 15) is 19.8 Å². The summed E-state index contributed by atoms with van der Waals surface area (Å²) in [5.41, 5.74) is 1.89. The van der Waals surface area contributed by atoms with E-state index in [0.29, 0.717) is 50.5 Å². The van der Waals surface area contributed by atoms with Crippen LogP contribution in [-0.4, -0.2) is 73.9 Å². The van der Waals surface area contributed by atoms with Crippen LogP contribution in [0, 0.1) is 0 Å². The highest BCUT2D eigenvalue weighted by Crippen LogP contribution is 2.49. The van der Waals surface area contributed by atoms with Crippen molar-refractivity contribution < 1.29 is 57.7 Å². The summed E-state index contributed by atoms with van der Waals surface area (Å²) in [6.45, 7) is 2.77. The highest BCUT2D eigenvalue weighted by molar-refractivity contribution is 6.14. The molecule has 12 heteroatoms. The molecule has 216 valence electrons. The van der Waals surface area contributed by atoms with Crippen molar-refractivity contribution in [1.29, 1.82) is 0 Å². The fourth-order valence-corrected chi connectivity index (χ4v) is 5.47. The maximum Gasteiger partial charge on any atom is 0.339 e. The molecule has 0 aromatic heterocycles. The van der Waals surface area contributed by atoms with Gasteiger partial charge in [-0.25, -0.2) is 4.79 Å². The fraction of sp³-hybridized carbons (Fsp3) is 0.379. The molecule has 0 radical (unpaired) electrons. The van der Waals surface area contributed by atoms with Gasteiger partial charge in [-0.05, 0) is 42.1 Å². The van der Waals surface area contributed by atoms with Gasteiger partial charge in [0, 0.05) is 23.4 Å². The number of aliphatic hydroxyl groups excluding tert-OH is 2. The first-order valence-corrected chi connectivity index (χ1v) is 12.9. The van der Waals surface area contributed by atoms with E-state index in [1.807, 2.05) is 6.07 Å². The van der Waals surface area contributed by atoms with Gasteiger partial charge in [-0.3, -0.25) is 4.79 Å². The number of benzene rings is 3. The van der Waals surface area contributed by atoms with E-state index in [2.05, 4.69) is 0 Å². The van der Waals surface area contributed by atoms with Crippen LogP contribution >= 0.6 is 0 Å². The Morgan fingerprint density at radius 3 is 2.34 bits per heavy atom. The van der Waals surface area contributed by atoms with Gasteiger partial charge in [0.1, 0.15) is 24.6 Å². The maximum absolute atomic E-state index is 13.2. The van der Waals surface area contributed by atoms with Crippen LogP contribution < -0.4 is 23.7 Å². The van der Waals surface area contributed by atoms with Crippen molar-refractivity contribution >= 4 is 22.7 Å². The molecule has 0 saturated carbocycles. The summed E-state index contributed by atoms with van der Waals surface area (Å²) in [5.74, 6) is 0.904. The molecule has 41 heavy (non-hydrogen) atoms. The van der Waals surface area contributed by atoms with Crippen LogP contribution in [0.25, 0.3) is 21.9 Å². The van der Waals surface area contributed by atoms with Crippen molar-refractivity contribution in [3.05, 3.63) is 41.5 Å². The average Bonchev–Trinajstić information content (AvgIpc) is 3.59. The number of esters is 2. The molecule has 12 nitrogen and oxygen atoms in total. The summed E-state index contributed by atoms with van der Waals surface area (Å²) in [6.07, 6.45) is -6.38. The zero-order valence-corrected chi connectivity index (χ0v) is 22.7. The molecule has 3 aliphatic rings. The lowest BCUT2D eigenvalue weighted by Crippen LogP contribution is -2.59. The number of carbonyl (C=O) groups excluding carboxylic acids is 2. The third-order valence-electron chi connectivity index (χ3n) is 7.39. The van der Waals surface area contributed by atoms with E-state index >= 15 is 0 Å². The van der Waals surface area contributed by atoms with Crippen molar-refractivity contribution in [2.45, 2.75) is 51.2 Å². The zero-order valence-electron chi connectivity index (χ0n) is 22.7. The molecule has 0 aliphatic carbocycles. The van der Waals surface area contributed by atoms with Crippen LogP contribution in [-0.2, 0) is 25.6 Å². The van der Waals surface area contributed by atoms with Crippen LogP contribution in [0.5, 0.6) is 28.7 Å². The second-order valence-electron chi connectivity index (χ2n) is 9.84. The molecule has 5 atom stereocenters. The minimum Gasteiger partial charge on any atom is -0.493 e. The van der Waals surface area contributed by atoms with Gasteiger partial charge in [0.05, 0.1) is 25.9 Å². The molecule has 1 saturated heterocycles. The Morgan fingerprint density at radius 1 is 0.927 bits per heavy atom. The first-order chi connectivity index (χ1) is 19.7. The number of cyclic esters (lactones) is 1. The summed E-state index contributed by atoms with van der Waals surface area (Å²) < 4.78 is 44.9. The van der Waals surface area contributed by atoms with Crippen LogP contribution in [0.15, 0.2) is 30.3 Å². The van der Waals surface area contributed by atoms with E-state index in [1.54, 1.807) is 31.2 Å². The molecular weight excluding hydrogens is 540 g/mol. The van der Waals surface area contributed by atoms with Gasteiger partial charge in [0.25, 0.3) is 0 Å². The summed E-state index contributed by atoms with van der Waals surface area (Å²) in [7, 11) is 2.99. The Labute approximate surface area is 234 Å². The molecule has 3 aromatic rings. The van der Waals surface area contributed by atoms with Gasteiger partial charge in [-0.15, -0.1) is 0 Å². The maximum atomic E-state index is 13.2. The first-order valence-electron chi connectivity index (χ1n) is 12.9. The Bertz CT molecular complexity index is 1550. The third kappa shape index (κ3) is 4.44. The molecule has 0 unspecified atom stereocenters. The summed E-state index contributed by atoms with van der Waals surface area (Å²) in [5, 5.41) is 22.7. The highest BCUT2D eigenvalue weighted by Gasteiger charge is 2.46. The first kappa shape index (κ1) is 26.9. The molecule has 3 aliphatic heterocycles. The fourth-order valence-electron chi connectivity index (χ4n) is 5.47. The molecule has 3 heterocycles. The van der Waals surface area contributed by atoms with E-state index in [1.165, 1.54) is 21.1 Å². The van der Waals surface area contributed by atoms with Crippen molar-refractivity contribution in [3.8, 4) is 39.9 Å². The smallest absolute Gasteiger partial charge is 0.339 e. The zero-order chi connectivity index (χ0) is 29.0. The number of carbonyl (C=O) groups is 2. The summed E-state index contributed by atoms with van der Waals surface area (Å²) >= 11 is 0. The minimum atomic E-state index is -1.59. The summed E-state index contributed by atoms with van der Waals surface area (Å²) in [6, 6.07) is 8.77. The van der Waals surface area contributed by atoms with Crippen molar-refractivity contribution in [2.24, 2.45) is 0 Å². The Kier molecular flexibility index (Phi) is 6.76. The molecule has 3 aromatic carbocycles. The van der Waals surface area contributed by atoms with Gasteiger partial charge in [-0.2, -0.15) is 0 Å². The van der Waals surface area contributed by atoms with Crippen molar-refractivity contribution in [2.75, 3.05) is 21.0 Å². The van der Waals surface area contributed by atoms with Crippen LogP contribution in [0.3, 0.4) is 0 Å². The number of aliphatic hydroxyl groups is 2. The predicted octanol–water partition coefficient (Wildman–Crippen LogP) is 2.70. The largest absolute Gasteiger partial charge is 0.493 e. The van der Waals surface area contributed by atoms with E-state index in [4.69, 9.17) is 37.9 Å². The van der Waals surface area contributed by atoms with Crippen LogP contribution in [0.2, 0.25) is 0 Å². The van der Waals surface area contributed by atoms with Gasteiger partial charge in [-0.1, -0.05) is 6.07 Å². The number of rotatable bonds is 6. The van der Waals surface area contributed by atoms with Crippen molar-refractivity contribution in [1.82, 2.24) is 0 Å². The third-order valence-corrected chi connectivity index (χ3v) is 7.39. The van der Waals surface area contributed by atoms with Crippen LogP contribution in [0.1, 0.15) is 29.8 Å². The Hall–Kier alpha value is -4.26. The van der Waals surface area contributed by atoms with E-state index < -0.39 is 42.6 Å². The second-order valence-corrected chi connectivity index (χ2v) is 9.84. The number of hydrogen-bond donors (Lipinski definition) is 2. The predicted molar refractivity (Wildman–Crippen MR) is 140 cm³/mol. The Morgan fingerprint density at radius 2 is 1.63 bits per heavy atom. The molecular formula is C29H28O12. The quantitative estimate of drug-likeness (QED) is 0.421.